The van der Waals surface area contributed by atoms with Crippen molar-refractivity contribution in [2.45, 2.75) is 120 Å². The second-order valence-corrected chi connectivity index (χ2v) is 15.5. The molecule has 0 aromatic rings. The molecule has 0 amide bonds. The van der Waals surface area contributed by atoms with Crippen LogP contribution in [0.2, 0.25) is 0 Å². The second kappa shape index (κ2) is 13.4. The molecule has 0 spiro atoms. The summed E-state index contributed by atoms with van der Waals surface area (Å²) in [6.45, 7) is 7.85. The van der Waals surface area contributed by atoms with Crippen molar-refractivity contribution < 1.29 is 0 Å². The first-order chi connectivity index (χ1) is 21.1. The summed E-state index contributed by atoms with van der Waals surface area (Å²) in [5.74, 6) is 4.39. The van der Waals surface area contributed by atoms with Gasteiger partial charge in [-0.05, 0) is 99.7 Å². The zero-order valence-electron chi connectivity index (χ0n) is 26.9. The van der Waals surface area contributed by atoms with Crippen LogP contribution >= 0.6 is 0 Å². The molecule has 3 aliphatic heterocycles. The van der Waals surface area contributed by atoms with Crippen molar-refractivity contribution in [3.8, 4) is 0 Å². The molecule has 2 bridgehead atoms. The largest absolute Gasteiger partial charge is 0.330 e. The Morgan fingerprint density at radius 1 is 0.930 bits per heavy atom. The van der Waals surface area contributed by atoms with Crippen molar-refractivity contribution in [1.82, 2.24) is 10.2 Å². The van der Waals surface area contributed by atoms with Crippen LogP contribution in [0.1, 0.15) is 103 Å². The van der Waals surface area contributed by atoms with Crippen molar-refractivity contribution >= 4 is 0 Å². The minimum atomic E-state index is 0.129. The van der Waals surface area contributed by atoms with E-state index in [1.54, 1.807) is 5.57 Å². The predicted octanol–water partition coefficient (Wildman–Crippen LogP) is 8.42. The van der Waals surface area contributed by atoms with Crippen LogP contribution in [0.4, 0.5) is 0 Å². The Hall–Kier alpha value is -1.68. The molecule has 0 aromatic carbocycles. The topological polar surface area (TPSA) is 41.3 Å². The molecule has 3 N–H and O–H groups in total. The molecule has 43 heavy (non-hydrogen) atoms. The highest BCUT2D eigenvalue weighted by molar-refractivity contribution is 5.44. The van der Waals surface area contributed by atoms with Gasteiger partial charge < -0.3 is 11.1 Å². The summed E-state index contributed by atoms with van der Waals surface area (Å²) < 4.78 is 0. The summed E-state index contributed by atoms with van der Waals surface area (Å²) in [5.41, 5.74) is 10.9. The highest BCUT2D eigenvalue weighted by atomic mass is 15.3. The first kappa shape index (κ1) is 30.0. The zero-order chi connectivity index (χ0) is 29.2. The molecule has 8 rings (SSSR count). The maximum Gasteiger partial charge on any atom is 0.0450 e. The molecule has 234 valence electrons. The fraction of sp³-hybridized carbons (Fsp3) is 0.700. The van der Waals surface area contributed by atoms with Crippen LogP contribution in [-0.4, -0.2) is 42.2 Å². The minimum Gasteiger partial charge on any atom is -0.330 e. The fourth-order valence-electron chi connectivity index (χ4n) is 10.5. The van der Waals surface area contributed by atoms with Gasteiger partial charge in [0.1, 0.15) is 0 Å². The molecular formula is C40H59N3. The number of hydrogen-bond acceptors (Lipinski definition) is 3. The fourth-order valence-corrected chi connectivity index (χ4v) is 10.5. The van der Waals surface area contributed by atoms with E-state index in [0.29, 0.717) is 29.8 Å². The summed E-state index contributed by atoms with van der Waals surface area (Å²) >= 11 is 0. The lowest BCUT2D eigenvalue weighted by Gasteiger charge is -2.60. The van der Waals surface area contributed by atoms with Crippen molar-refractivity contribution in [3.05, 3.63) is 71.9 Å². The number of hydrogen-bond donors (Lipinski definition) is 2. The lowest BCUT2D eigenvalue weighted by atomic mass is 9.63. The monoisotopic (exact) mass is 581 g/mol. The van der Waals surface area contributed by atoms with Gasteiger partial charge in [-0.3, -0.25) is 4.90 Å². The smallest absolute Gasteiger partial charge is 0.0450 e. The summed E-state index contributed by atoms with van der Waals surface area (Å²) in [6.07, 6.45) is 41.4. The van der Waals surface area contributed by atoms with Crippen LogP contribution in [0, 0.1) is 35.5 Å². The van der Waals surface area contributed by atoms with Crippen LogP contribution in [0.15, 0.2) is 71.9 Å². The van der Waals surface area contributed by atoms with E-state index in [-0.39, 0.29) is 5.54 Å². The number of nitrogens with one attached hydrogen (secondary N) is 1. The zero-order valence-corrected chi connectivity index (χ0v) is 26.9. The third kappa shape index (κ3) is 6.25. The van der Waals surface area contributed by atoms with Crippen molar-refractivity contribution in [2.75, 3.05) is 19.6 Å². The number of rotatable bonds is 8. The first-order valence-electron chi connectivity index (χ1n) is 18.5. The van der Waals surface area contributed by atoms with Gasteiger partial charge in [0.15, 0.2) is 0 Å². The van der Waals surface area contributed by atoms with Gasteiger partial charge in [-0.2, -0.15) is 0 Å². The minimum absolute atomic E-state index is 0.129. The third-order valence-electron chi connectivity index (χ3n) is 13.1. The van der Waals surface area contributed by atoms with Gasteiger partial charge in [0.25, 0.3) is 0 Å². The SMILES string of the molecule is C=C(C1=CCC(C2=CCC(C3(CCN)C=CC4CN3C4)C(NC3CC[C@H]4CCCCC4C3)C2)C=C1)C1/C=C\CCCCC1. The van der Waals surface area contributed by atoms with Gasteiger partial charge >= 0.3 is 0 Å². The molecule has 3 heterocycles. The third-order valence-corrected chi connectivity index (χ3v) is 13.1. The van der Waals surface area contributed by atoms with E-state index in [0.717, 1.165) is 37.1 Å². The Bertz CT molecular complexity index is 1150. The Morgan fingerprint density at radius 3 is 2.58 bits per heavy atom. The molecule has 0 aromatic heterocycles. The Morgan fingerprint density at radius 2 is 1.79 bits per heavy atom. The summed E-state index contributed by atoms with van der Waals surface area (Å²) in [7, 11) is 0. The average Bonchev–Trinajstić information content (AvgIpc) is 3.00. The maximum atomic E-state index is 6.36. The lowest BCUT2D eigenvalue weighted by molar-refractivity contribution is -0.0393. The molecule has 7 unspecified atom stereocenters. The molecule has 3 fully saturated rings. The van der Waals surface area contributed by atoms with E-state index in [9.17, 15) is 0 Å². The molecule has 0 radical (unpaired) electrons. The molecule has 8 atom stereocenters. The van der Waals surface area contributed by atoms with Crippen LogP contribution in [0.3, 0.4) is 0 Å². The number of nitrogens with zero attached hydrogens (tertiary/aromatic N) is 1. The van der Waals surface area contributed by atoms with E-state index in [1.165, 1.54) is 114 Å². The Labute approximate surface area is 262 Å². The van der Waals surface area contributed by atoms with Gasteiger partial charge in [0.2, 0.25) is 0 Å². The molecule has 1 saturated heterocycles. The number of fused-ring (bicyclic) bond motifs is 2. The van der Waals surface area contributed by atoms with Crippen LogP contribution in [0.25, 0.3) is 0 Å². The van der Waals surface area contributed by atoms with E-state index >= 15 is 0 Å². The van der Waals surface area contributed by atoms with E-state index in [4.69, 9.17) is 5.73 Å². The van der Waals surface area contributed by atoms with Gasteiger partial charge in [-0.1, -0.05) is 99.3 Å². The molecule has 8 aliphatic rings. The molecule has 5 aliphatic carbocycles. The summed E-state index contributed by atoms with van der Waals surface area (Å²) in [4.78, 5) is 2.80. The standard InChI is InChI=1S/C40H59N3/c1-29(31-9-5-3-2-4-6-10-31)32-13-15-34(16-14-32)36-18-20-38(40(23-24-41)22-21-30-27-43(40)28-30)39(26-36)42-37-19-17-33-11-7-8-12-35(33)25-37/h5,9,13-15,18,21-22,30-31,33-35,37-39,42H,1-4,6-8,10-12,16-17,19-20,23-28,41H2/b9-5-/t31?,33-,34?,35?,37?,38?,39?,40?/m1/s1. The summed E-state index contributed by atoms with van der Waals surface area (Å²) in [6, 6.07) is 1.22. The van der Waals surface area contributed by atoms with Gasteiger partial charge in [0.05, 0.1) is 0 Å². The highest BCUT2D eigenvalue weighted by Gasteiger charge is 2.52. The van der Waals surface area contributed by atoms with Crippen LogP contribution < -0.4 is 11.1 Å². The molecule has 2 saturated carbocycles. The van der Waals surface area contributed by atoms with E-state index < -0.39 is 0 Å². The van der Waals surface area contributed by atoms with Crippen LogP contribution in [-0.2, 0) is 0 Å². The van der Waals surface area contributed by atoms with Gasteiger partial charge in [-0.15, -0.1) is 0 Å². The number of nitrogens with two attached hydrogens (primary N) is 1. The predicted molar refractivity (Wildman–Crippen MR) is 182 cm³/mol. The van der Waals surface area contributed by atoms with Gasteiger partial charge in [0, 0.05) is 48.5 Å². The van der Waals surface area contributed by atoms with Crippen molar-refractivity contribution in [3.63, 3.8) is 0 Å². The average molecular weight is 582 g/mol. The normalized spacial score (nSPS) is 43.3. The number of allylic oxidation sites excluding steroid dienone is 8. The summed E-state index contributed by atoms with van der Waals surface area (Å²) in [5, 5.41) is 4.41. The quantitative estimate of drug-likeness (QED) is 0.283. The van der Waals surface area contributed by atoms with E-state index in [1.807, 2.05) is 0 Å². The molecule has 3 heteroatoms. The molecular weight excluding hydrogens is 522 g/mol. The van der Waals surface area contributed by atoms with Crippen LogP contribution in [0.5, 0.6) is 0 Å². The Balaban J connectivity index is 1.08. The van der Waals surface area contributed by atoms with Gasteiger partial charge in [-0.25, -0.2) is 0 Å². The molecule has 3 nitrogen and oxygen atoms in total. The lowest BCUT2D eigenvalue weighted by Crippen LogP contribution is -2.68. The first-order valence-corrected chi connectivity index (χ1v) is 18.5. The second-order valence-electron chi connectivity index (χ2n) is 15.5. The highest BCUT2D eigenvalue weighted by Crippen LogP contribution is 2.48. The van der Waals surface area contributed by atoms with Crippen molar-refractivity contribution in [1.29, 1.82) is 0 Å². The van der Waals surface area contributed by atoms with E-state index in [2.05, 4.69) is 65.4 Å². The maximum absolute atomic E-state index is 6.36. The Kier molecular flexibility index (Phi) is 9.32. The van der Waals surface area contributed by atoms with Crippen molar-refractivity contribution in [2.24, 2.45) is 41.2 Å².